The highest BCUT2D eigenvalue weighted by Gasteiger charge is 2.16. The van der Waals surface area contributed by atoms with Crippen LogP contribution in [0.1, 0.15) is 16.1 Å². The summed E-state index contributed by atoms with van der Waals surface area (Å²) in [5.41, 5.74) is 3.03. The number of pyridine rings is 1. The molecule has 2 N–H and O–H groups in total. The predicted molar refractivity (Wildman–Crippen MR) is 111 cm³/mol. The first kappa shape index (κ1) is 18.8. The van der Waals surface area contributed by atoms with E-state index in [1.165, 1.54) is 12.4 Å². The number of para-hydroxylation sites is 2. The van der Waals surface area contributed by atoms with Crippen molar-refractivity contribution >= 4 is 23.2 Å². The number of benzene rings is 1. The van der Waals surface area contributed by atoms with Crippen LogP contribution in [-0.4, -0.2) is 47.2 Å². The van der Waals surface area contributed by atoms with Gasteiger partial charge in [0.25, 0.3) is 5.91 Å². The molecule has 8 nitrogen and oxygen atoms in total. The smallest absolute Gasteiger partial charge is 0.258 e. The molecule has 8 heteroatoms. The monoisotopic (exact) mass is 390 g/mol. The molecule has 1 saturated heterocycles. The van der Waals surface area contributed by atoms with Crippen molar-refractivity contribution in [2.24, 2.45) is 0 Å². The van der Waals surface area contributed by atoms with E-state index < -0.39 is 0 Å². The summed E-state index contributed by atoms with van der Waals surface area (Å²) in [5, 5.41) is 6.06. The lowest BCUT2D eigenvalue weighted by molar-refractivity contribution is 0.102. The Bertz CT molecular complexity index is 943. The van der Waals surface area contributed by atoms with Gasteiger partial charge in [0, 0.05) is 31.7 Å². The summed E-state index contributed by atoms with van der Waals surface area (Å²) in [7, 11) is 0. The molecule has 4 rings (SSSR count). The molecule has 29 heavy (non-hydrogen) atoms. The highest BCUT2D eigenvalue weighted by atomic mass is 16.5. The van der Waals surface area contributed by atoms with Gasteiger partial charge in [-0.25, -0.2) is 9.97 Å². The number of carbonyl (C=O) groups is 1. The summed E-state index contributed by atoms with van der Waals surface area (Å²) in [6.45, 7) is 3.48. The number of hydrogen-bond donors (Lipinski definition) is 2. The highest BCUT2D eigenvalue weighted by molar-refractivity contribution is 6.05. The minimum absolute atomic E-state index is 0.248. The molecule has 1 aromatic carbocycles. The quantitative estimate of drug-likeness (QED) is 0.668. The van der Waals surface area contributed by atoms with E-state index in [-0.39, 0.29) is 5.91 Å². The van der Waals surface area contributed by atoms with Crippen molar-refractivity contribution in [1.29, 1.82) is 0 Å². The highest BCUT2D eigenvalue weighted by Crippen LogP contribution is 2.26. The van der Waals surface area contributed by atoms with Gasteiger partial charge in [-0.05, 0) is 24.3 Å². The lowest BCUT2D eigenvalue weighted by Gasteiger charge is -2.30. The second kappa shape index (κ2) is 9.11. The average Bonchev–Trinajstić information content (AvgIpc) is 2.80. The van der Waals surface area contributed by atoms with Crippen LogP contribution in [0.5, 0.6) is 0 Å². The Morgan fingerprint density at radius 1 is 1.00 bits per heavy atom. The standard InChI is InChI=1S/C21H22N6O2/c28-20(26-18-6-1-2-7-19(18)27-9-11-29-12-10-27)16-13-23-21(24-14-16)25-15-17-5-3-4-8-22-17/h1-8,13-14H,9-12,15H2,(H,26,28)(H,23,24,25). The van der Waals surface area contributed by atoms with Gasteiger partial charge in [0.2, 0.25) is 5.95 Å². The zero-order chi connectivity index (χ0) is 19.9. The fourth-order valence-electron chi connectivity index (χ4n) is 3.06. The minimum atomic E-state index is -0.248. The molecule has 3 heterocycles. The van der Waals surface area contributed by atoms with E-state index >= 15 is 0 Å². The topological polar surface area (TPSA) is 92.3 Å². The molecule has 3 aromatic rings. The van der Waals surface area contributed by atoms with Crippen LogP contribution in [0.2, 0.25) is 0 Å². The molecule has 0 unspecified atom stereocenters. The Hall–Kier alpha value is -3.52. The Kier molecular flexibility index (Phi) is 5.92. The van der Waals surface area contributed by atoms with E-state index in [1.54, 1.807) is 6.20 Å². The van der Waals surface area contributed by atoms with Crippen LogP contribution in [-0.2, 0) is 11.3 Å². The molecular weight excluding hydrogens is 368 g/mol. The fraction of sp³-hybridized carbons (Fsp3) is 0.238. The van der Waals surface area contributed by atoms with Crippen LogP contribution in [0.15, 0.2) is 61.1 Å². The average molecular weight is 390 g/mol. The van der Waals surface area contributed by atoms with Crippen LogP contribution in [0.25, 0.3) is 0 Å². The van der Waals surface area contributed by atoms with Gasteiger partial charge in [-0.1, -0.05) is 18.2 Å². The molecular formula is C21H22N6O2. The number of carbonyl (C=O) groups excluding carboxylic acids is 1. The van der Waals surface area contributed by atoms with Crippen molar-refractivity contribution in [1.82, 2.24) is 15.0 Å². The number of anilines is 3. The van der Waals surface area contributed by atoms with E-state index in [0.717, 1.165) is 30.2 Å². The number of amides is 1. The molecule has 0 spiro atoms. The first-order chi connectivity index (χ1) is 14.3. The van der Waals surface area contributed by atoms with Crippen LogP contribution >= 0.6 is 0 Å². The van der Waals surface area contributed by atoms with Gasteiger partial charge in [-0.3, -0.25) is 9.78 Å². The maximum Gasteiger partial charge on any atom is 0.258 e. The van der Waals surface area contributed by atoms with Crippen LogP contribution in [0, 0.1) is 0 Å². The number of morpholine rings is 1. The summed E-state index contributed by atoms with van der Waals surface area (Å²) in [4.78, 5) is 27.6. The third-order valence-electron chi connectivity index (χ3n) is 4.57. The maximum absolute atomic E-state index is 12.7. The predicted octanol–water partition coefficient (Wildman–Crippen LogP) is 2.57. The number of hydrogen-bond acceptors (Lipinski definition) is 7. The van der Waals surface area contributed by atoms with Crippen LogP contribution < -0.4 is 15.5 Å². The van der Waals surface area contributed by atoms with Gasteiger partial charge >= 0.3 is 0 Å². The molecule has 1 aliphatic heterocycles. The van der Waals surface area contributed by atoms with E-state index in [4.69, 9.17) is 4.74 Å². The van der Waals surface area contributed by atoms with Crippen molar-refractivity contribution in [3.05, 3.63) is 72.3 Å². The van der Waals surface area contributed by atoms with Crippen molar-refractivity contribution in [3.8, 4) is 0 Å². The summed E-state index contributed by atoms with van der Waals surface area (Å²) in [5.74, 6) is 0.197. The first-order valence-corrected chi connectivity index (χ1v) is 9.48. The number of ether oxygens (including phenoxy) is 1. The summed E-state index contributed by atoms with van der Waals surface area (Å²) >= 11 is 0. The number of rotatable bonds is 6. The summed E-state index contributed by atoms with van der Waals surface area (Å²) in [6.07, 6.45) is 4.76. The van der Waals surface area contributed by atoms with Gasteiger partial charge in [-0.2, -0.15) is 0 Å². The fourth-order valence-corrected chi connectivity index (χ4v) is 3.06. The van der Waals surface area contributed by atoms with E-state index in [1.807, 2.05) is 42.5 Å². The molecule has 0 radical (unpaired) electrons. The number of nitrogens with zero attached hydrogens (tertiary/aromatic N) is 4. The van der Waals surface area contributed by atoms with Crippen molar-refractivity contribution in [2.45, 2.75) is 6.54 Å². The second-order valence-electron chi connectivity index (χ2n) is 6.54. The zero-order valence-corrected chi connectivity index (χ0v) is 15.9. The van der Waals surface area contributed by atoms with Crippen molar-refractivity contribution < 1.29 is 9.53 Å². The minimum Gasteiger partial charge on any atom is -0.378 e. The number of nitrogens with one attached hydrogen (secondary N) is 2. The molecule has 0 atom stereocenters. The Morgan fingerprint density at radius 2 is 1.76 bits per heavy atom. The van der Waals surface area contributed by atoms with Crippen LogP contribution in [0.4, 0.5) is 17.3 Å². The van der Waals surface area contributed by atoms with E-state index in [2.05, 4.69) is 30.5 Å². The normalized spacial score (nSPS) is 13.7. The molecule has 148 valence electrons. The molecule has 1 fully saturated rings. The van der Waals surface area contributed by atoms with Gasteiger partial charge < -0.3 is 20.3 Å². The molecule has 0 bridgehead atoms. The lowest BCUT2D eigenvalue weighted by atomic mass is 10.2. The number of aromatic nitrogens is 3. The third-order valence-corrected chi connectivity index (χ3v) is 4.57. The Balaban J connectivity index is 1.40. The molecule has 1 aliphatic rings. The van der Waals surface area contributed by atoms with E-state index in [0.29, 0.717) is 31.3 Å². The first-order valence-electron chi connectivity index (χ1n) is 9.48. The molecule has 1 amide bonds. The van der Waals surface area contributed by atoms with E-state index in [9.17, 15) is 4.79 Å². The van der Waals surface area contributed by atoms with Crippen molar-refractivity contribution in [3.63, 3.8) is 0 Å². The SMILES string of the molecule is O=C(Nc1ccccc1N1CCOCC1)c1cnc(NCc2ccccn2)nc1. The third kappa shape index (κ3) is 4.85. The Labute approximate surface area is 169 Å². The molecule has 2 aromatic heterocycles. The van der Waals surface area contributed by atoms with Gasteiger partial charge in [0.1, 0.15) is 0 Å². The second-order valence-corrected chi connectivity index (χ2v) is 6.54. The van der Waals surface area contributed by atoms with Crippen LogP contribution in [0.3, 0.4) is 0 Å². The largest absolute Gasteiger partial charge is 0.378 e. The summed E-state index contributed by atoms with van der Waals surface area (Å²) in [6, 6.07) is 13.5. The molecule has 0 saturated carbocycles. The Morgan fingerprint density at radius 3 is 2.52 bits per heavy atom. The lowest BCUT2D eigenvalue weighted by Crippen LogP contribution is -2.36. The summed E-state index contributed by atoms with van der Waals surface area (Å²) < 4.78 is 5.42. The van der Waals surface area contributed by atoms with Crippen molar-refractivity contribution in [2.75, 3.05) is 41.8 Å². The van der Waals surface area contributed by atoms with Gasteiger partial charge in [-0.15, -0.1) is 0 Å². The molecule has 0 aliphatic carbocycles. The van der Waals surface area contributed by atoms with Gasteiger partial charge in [0.15, 0.2) is 0 Å². The zero-order valence-electron chi connectivity index (χ0n) is 15.9. The van der Waals surface area contributed by atoms with Gasteiger partial charge in [0.05, 0.1) is 42.4 Å². The maximum atomic E-state index is 12.7.